The smallest absolute Gasteiger partial charge is 0.329 e. The van der Waals surface area contributed by atoms with Gasteiger partial charge in [0.25, 0.3) is 0 Å². The standard InChI is InChI=1S/C14H9BrN2O3/c1-9-5-6-11(15)7-13(9)20-12-4-2-3-10(8-16)14(12)17(18)19/h2-7H,1H3. The van der Waals surface area contributed by atoms with Gasteiger partial charge in [0.05, 0.1) is 4.92 Å². The molecule has 6 heteroatoms. The summed E-state index contributed by atoms with van der Waals surface area (Å²) >= 11 is 3.32. The van der Waals surface area contributed by atoms with E-state index in [4.69, 9.17) is 10.00 Å². The van der Waals surface area contributed by atoms with Gasteiger partial charge in [-0.15, -0.1) is 0 Å². The molecule has 0 aliphatic carbocycles. The lowest BCUT2D eigenvalue weighted by molar-refractivity contribution is -0.385. The van der Waals surface area contributed by atoms with Crippen LogP contribution in [0, 0.1) is 28.4 Å². The Kier molecular flexibility index (Phi) is 4.01. The molecule has 0 aliphatic heterocycles. The van der Waals surface area contributed by atoms with Crippen LogP contribution in [0.3, 0.4) is 0 Å². The van der Waals surface area contributed by atoms with Crippen molar-refractivity contribution in [2.75, 3.05) is 0 Å². The largest absolute Gasteiger partial charge is 0.450 e. The maximum atomic E-state index is 11.1. The lowest BCUT2D eigenvalue weighted by atomic mass is 10.2. The van der Waals surface area contributed by atoms with Crippen LogP contribution in [0.15, 0.2) is 40.9 Å². The Bertz CT molecular complexity index is 723. The summed E-state index contributed by atoms with van der Waals surface area (Å²) in [5, 5.41) is 20.0. The fourth-order valence-electron chi connectivity index (χ4n) is 1.69. The van der Waals surface area contributed by atoms with E-state index < -0.39 is 4.92 Å². The van der Waals surface area contributed by atoms with Crippen LogP contribution in [0.25, 0.3) is 0 Å². The Labute approximate surface area is 123 Å². The number of halogens is 1. The van der Waals surface area contributed by atoms with Gasteiger partial charge in [0.2, 0.25) is 5.75 Å². The molecule has 100 valence electrons. The van der Waals surface area contributed by atoms with Crippen molar-refractivity contribution in [3.8, 4) is 17.6 Å². The second-order valence-electron chi connectivity index (χ2n) is 4.03. The summed E-state index contributed by atoms with van der Waals surface area (Å²) in [6, 6.07) is 11.6. The molecule has 20 heavy (non-hydrogen) atoms. The molecule has 0 spiro atoms. The number of ether oxygens (including phenoxy) is 1. The van der Waals surface area contributed by atoms with E-state index in [-0.39, 0.29) is 17.0 Å². The van der Waals surface area contributed by atoms with Gasteiger partial charge in [-0.3, -0.25) is 10.1 Å². The number of hydrogen-bond acceptors (Lipinski definition) is 4. The minimum Gasteiger partial charge on any atom is -0.450 e. The van der Waals surface area contributed by atoms with Gasteiger partial charge < -0.3 is 4.74 Å². The van der Waals surface area contributed by atoms with E-state index in [0.29, 0.717) is 5.75 Å². The van der Waals surface area contributed by atoms with Crippen LogP contribution in [-0.4, -0.2) is 4.92 Å². The molecule has 0 unspecified atom stereocenters. The Hall–Kier alpha value is -2.39. The van der Waals surface area contributed by atoms with Crippen molar-refractivity contribution in [1.29, 1.82) is 5.26 Å². The molecule has 0 heterocycles. The first-order chi connectivity index (χ1) is 9.52. The number of nitro groups is 1. The molecule has 0 saturated carbocycles. The minimum atomic E-state index is -0.610. The maximum absolute atomic E-state index is 11.1. The third-order valence-electron chi connectivity index (χ3n) is 2.67. The average Bonchev–Trinajstić information content (AvgIpc) is 2.42. The molecule has 5 nitrogen and oxygen atoms in total. The van der Waals surface area contributed by atoms with E-state index in [1.54, 1.807) is 18.2 Å². The zero-order chi connectivity index (χ0) is 14.7. The van der Waals surface area contributed by atoms with Gasteiger partial charge in [0.15, 0.2) is 0 Å². The maximum Gasteiger partial charge on any atom is 0.329 e. The van der Waals surface area contributed by atoms with E-state index in [1.165, 1.54) is 12.1 Å². The molecule has 2 rings (SSSR count). The highest BCUT2D eigenvalue weighted by atomic mass is 79.9. The van der Waals surface area contributed by atoms with Crippen LogP contribution >= 0.6 is 15.9 Å². The predicted octanol–water partition coefficient (Wildman–Crippen LogP) is 4.33. The first-order valence-corrected chi connectivity index (χ1v) is 6.43. The van der Waals surface area contributed by atoms with E-state index in [2.05, 4.69) is 15.9 Å². The highest BCUT2D eigenvalue weighted by molar-refractivity contribution is 9.10. The molecule has 0 aromatic heterocycles. The lowest BCUT2D eigenvalue weighted by Gasteiger charge is -2.09. The van der Waals surface area contributed by atoms with Crippen molar-refractivity contribution >= 4 is 21.6 Å². The third kappa shape index (κ3) is 2.78. The molecule has 0 N–H and O–H groups in total. The van der Waals surface area contributed by atoms with Gasteiger partial charge in [-0.05, 0) is 36.8 Å². The Balaban J connectivity index is 2.52. The summed E-state index contributed by atoms with van der Waals surface area (Å²) in [4.78, 5) is 10.5. The van der Waals surface area contributed by atoms with Crippen molar-refractivity contribution in [1.82, 2.24) is 0 Å². The number of rotatable bonds is 3. The molecule has 0 bridgehead atoms. The highest BCUT2D eigenvalue weighted by Gasteiger charge is 2.21. The minimum absolute atomic E-state index is 0.0276. The number of hydrogen-bond donors (Lipinski definition) is 0. The van der Waals surface area contributed by atoms with Gasteiger partial charge in [-0.1, -0.05) is 28.1 Å². The van der Waals surface area contributed by atoms with Gasteiger partial charge in [-0.2, -0.15) is 5.26 Å². The normalized spacial score (nSPS) is 9.85. The Morgan fingerprint density at radius 3 is 2.70 bits per heavy atom. The number of nitro benzene ring substituents is 1. The Morgan fingerprint density at radius 1 is 1.30 bits per heavy atom. The first-order valence-electron chi connectivity index (χ1n) is 5.64. The molecule has 0 aliphatic rings. The van der Waals surface area contributed by atoms with Gasteiger partial charge in [0, 0.05) is 4.47 Å². The molecular weight excluding hydrogens is 324 g/mol. The van der Waals surface area contributed by atoms with Gasteiger partial charge in [0.1, 0.15) is 17.4 Å². The molecular formula is C14H9BrN2O3. The van der Waals surface area contributed by atoms with E-state index >= 15 is 0 Å². The van der Waals surface area contributed by atoms with Crippen molar-refractivity contribution in [3.63, 3.8) is 0 Å². The van der Waals surface area contributed by atoms with Crippen molar-refractivity contribution in [3.05, 3.63) is 62.1 Å². The molecule has 0 fully saturated rings. The molecule has 2 aromatic carbocycles. The molecule has 2 aromatic rings. The van der Waals surface area contributed by atoms with Crippen molar-refractivity contribution in [2.45, 2.75) is 6.92 Å². The van der Waals surface area contributed by atoms with Gasteiger partial charge in [-0.25, -0.2) is 0 Å². The fraction of sp³-hybridized carbons (Fsp3) is 0.0714. The van der Waals surface area contributed by atoms with Crippen LogP contribution < -0.4 is 4.74 Å². The summed E-state index contributed by atoms with van der Waals surface area (Å²) < 4.78 is 6.41. The fourth-order valence-corrected chi connectivity index (χ4v) is 2.03. The topological polar surface area (TPSA) is 76.2 Å². The summed E-state index contributed by atoms with van der Waals surface area (Å²) in [7, 11) is 0. The van der Waals surface area contributed by atoms with Crippen LogP contribution in [0.4, 0.5) is 5.69 Å². The number of para-hydroxylation sites is 1. The first kappa shape index (κ1) is 14.0. The van der Waals surface area contributed by atoms with Crippen LogP contribution in [0.5, 0.6) is 11.5 Å². The molecule has 0 amide bonds. The quantitative estimate of drug-likeness (QED) is 0.619. The lowest BCUT2D eigenvalue weighted by Crippen LogP contribution is -1.97. The van der Waals surface area contributed by atoms with Gasteiger partial charge >= 0.3 is 5.69 Å². The molecule has 0 radical (unpaired) electrons. The van der Waals surface area contributed by atoms with Crippen LogP contribution in [0.2, 0.25) is 0 Å². The van der Waals surface area contributed by atoms with E-state index in [1.807, 2.05) is 19.1 Å². The zero-order valence-electron chi connectivity index (χ0n) is 10.5. The van der Waals surface area contributed by atoms with E-state index in [9.17, 15) is 10.1 Å². The number of benzene rings is 2. The average molecular weight is 333 g/mol. The zero-order valence-corrected chi connectivity index (χ0v) is 12.0. The summed E-state index contributed by atoms with van der Waals surface area (Å²) in [6.07, 6.45) is 0. The second-order valence-corrected chi connectivity index (χ2v) is 4.95. The number of aryl methyl sites for hydroxylation is 1. The summed E-state index contributed by atoms with van der Waals surface area (Å²) in [5.74, 6) is 0.549. The number of nitriles is 1. The summed E-state index contributed by atoms with van der Waals surface area (Å²) in [5.41, 5.74) is 0.486. The monoisotopic (exact) mass is 332 g/mol. The SMILES string of the molecule is Cc1ccc(Br)cc1Oc1cccc(C#N)c1[N+](=O)[O-]. The van der Waals surface area contributed by atoms with E-state index in [0.717, 1.165) is 10.0 Å². The second kappa shape index (κ2) is 5.72. The van der Waals surface area contributed by atoms with Crippen LogP contribution in [0.1, 0.15) is 11.1 Å². The molecule has 0 saturated heterocycles. The third-order valence-corrected chi connectivity index (χ3v) is 3.17. The number of nitrogens with zero attached hydrogens (tertiary/aromatic N) is 2. The predicted molar refractivity (Wildman–Crippen MR) is 76.8 cm³/mol. The summed E-state index contributed by atoms with van der Waals surface area (Å²) in [6.45, 7) is 1.84. The molecule has 0 atom stereocenters. The van der Waals surface area contributed by atoms with Crippen molar-refractivity contribution < 1.29 is 9.66 Å². The Morgan fingerprint density at radius 2 is 2.05 bits per heavy atom. The van der Waals surface area contributed by atoms with Crippen molar-refractivity contribution in [2.24, 2.45) is 0 Å². The highest BCUT2D eigenvalue weighted by Crippen LogP contribution is 2.35. The van der Waals surface area contributed by atoms with Crippen LogP contribution in [-0.2, 0) is 0 Å².